The maximum Gasteiger partial charge on any atom is 0.472 e. The lowest BCUT2D eigenvalue weighted by Gasteiger charge is -2.19. The summed E-state index contributed by atoms with van der Waals surface area (Å²) in [4.78, 5) is 34.8. The van der Waals surface area contributed by atoms with E-state index in [1.54, 1.807) is 0 Å². The first-order valence-corrected chi connectivity index (χ1v) is 24.7. The first-order valence-electron chi connectivity index (χ1n) is 23.2. The van der Waals surface area contributed by atoms with Gasteiger partial charge in [-0.25, -0.2) is 4.57 Å². The summed E-state index contributed by atoms with van der Waals surface area (Å²) < 4.78 is 32.7. The third kappa shape index (κ3) is 42.2. The number of ether oxygens (including phenoxy) is 2. The van der Waals surface area contributed by atoms with Crippen molar-refractivity contribution in [1.29, 1.82) is 0 Å². The molecule has 0 aromatic carbocycles. The number of unbranched alkanes of at least 4 members (excludes halogenated alkanes) is 29. The van der Waals surface area contributed by atoms with Gasteiger partial charge in [0, 0.05) is 19.4 Å². The summed E-state index contributed by atoms with van der Waals surface area (Å²) in [7, 11) is -4.37. The Morgan fingerprint density at radius 1 is 0.527 bits per heavy atom. The summed E-state index contributed by atoms with van der Waals surface area (Å²) in [6.45, 7) is 3.73. The molecule has 10 heteroatoms. The molecule has 0 aliphatic heterocycles. The van der Waals surface area contributed by atoms with Gasteiger partial charge in [0.25, 0.3) is 0 Å². The predicted octanol–water partition coefficient (Wildman–Crippen LogP) is 13.4. The number of esters is 2. The van der Waals surface area contributed by atoms with Crippen molar-refractivity contribution in [3.8, 4) is 0 Å². The maximum atomic E-state index is 12.5. The zero-order chi connectivity index (χ0) is 40.3. The Kier molecular flexibility index (Phi) is 41.4. The van der Waals surface area contributed by atoms with Gasteiger partial charge in [-0.3, -0.25) is 18.6 Å². The predicted molar refractivity (Wildman–Crippen MR) is 229 cm³/mol. The van der Waals surface area contributed by atoms with Crippen molar-refractivity contribution >= 4 is 19.8 Å². The number of phosphoric acid groups is 1. The molecule has 9 nitrogen and oxygen atoms in total. The Labute approximate surface area is 339 Å². The van der Waals surface area contributed by atoms with Gasteiger partial charge >= 0.3 is 19.8 Å². The molecule has 0 amide bonds. The minimum atomic E-state index is -4.37. The van der Waals surface area contributed by atoms with E-state index in [-0.39, 0.29) is 32.6 Å². The van der Waals surface area contributed by atoms with Gasteiger partial charge in [-0.05, 0) is 32.1 Å². The lowest BCUT2D eigenvalue weighted by molar-refractivity contribution is -0.161. The fraction of sp³-hybridized carbons (Fsp3) is 0.911. The van der Waals surface area contributed by atoms with Crippen LogP contribution in [-0.4, -0.2) is 49.3 Å². The van der Waals surface area contributed by atoms with Gasteiger partial charge in [0.05, 0.1) is 13.2 Å². The molecule has 0 radical (unpaired) electrons. The van der Waals surface area contributed by atoms with Crippen molar-refractivity contribution in [2.45, 2.75) is 238 Å². The number of nitrogens with two attached hydrogens (primary N) is 1. The molecule has 0 aromatic rings. The van der Waals surface area contributed by atoms with Gasteiger partial charge in [0.1, 0.15) is 6.61 Å². The second-order valence-corrected chi connectivity index (χ2v) is 17.1. The lowest BCUT2D eigenvalue weighted by atomic mass is 10.0. The largest absolute Gasteiger partial charge is 0.472 e. The van der Waals surface area contributed by atoms with Crippen LogP contribution in [0.4, 0.5) is 0 Å². The van der Waals surface area contributed by atoms with Crippen LogP contribution < -0.4 is 5.73 Å². The van der Waals surface area contributed by atoms with E-state index in [1.165, 1.54) is 167 Å². The summed E-state index contributed by atoms with van der Waals surface area (Å²) in [5, 5.41) is 0. The molecule has 0 bridgehead atoms. The molecule has 0 spiro atoms. The average molecular weight is 802 g/mol. The van der Waals surface area contributed by atoms with E-state index in [0.29, 0.717) is 12.8 Å². The number of phosphoric ester groups is 1. The van der Waals surface area contributed by atoms with Crippen molar-refractivity contribution < 1.29 is 37.6 Å². The first kappa shape index (κ1) is 53.8. The topological polar surface area (TPSA) is 134 Å². The van der Waals surface area contributed by atoms with Crippen LogP contribution in [0.3, 0.4) is 0 Å². The quantitative estimate of drug-likeness (QED) is 0.0267. The van der Waals surface area contributed by atoms with Crippen molar-refractivity contribution in [3.63, 3.8) is 0 Å². The van der Waals surface area contributed by atoms with Gasteiger partial charge in [-0.15, -0.1) is 0 Å². The van der Waals surface area contributed by atoms with Crippen molar-refractivity contribution in [3.05, 3.63) is 12.2 Å². The Balaban J connectivity index is 4.01. The molecule has 0 rings (SSSR count). The minimum Gasteiger partial charge on any atom is -0.462 e. The van der Waals surface area contributed by atoms with Crippen molar-refractivity contribution in [1.82, 2.24) is 0 Å². The molecule has 0 saturated carbocycles. The fourth-order valence-electron chi connectivity index (χ4n) is 6.70. The second-order valence-electron chi connectivity index (χ2n) is 15.6. The zero-order valence-electron chi connectivity index (χ0n) is 35.9. The maximum absolute atomic E-state index is 12.5. The molecule has 0 saturated heterocycles. The fourth-order valence-corrected chi connectivity index (χ4v) is 7.46. The molecular weight excluding hydrogens is 713 g/mol. The standard InChI is InChI=1S/C45H88NO8P/c1-3-5-7-9-11-13-15-16-17-18-19-20-21-22-23-24-25-26-28-29-31-33-35-37-44(47)51-41-43(42-53-55(49,50)52-40-39-46)54-45(48)38-36-34-32-30-27-14-12-10-8-6-4-2/h29,31,43H,3-28,30,32-42,46H2,1-2H3,(H,49,50)/b31-29+/t43-/m0/s1. The molecule has 0 aliphatic rings. The van der Waals surface area contributed by atoms with E-state index in [0.717, 1.165) is 25.7 Å². The second kappa shape index (κ2) is 42.4. The SMILES string of the molecule is CCCCCCCCCCCCCCCCCCCC/C=C/CCCC(=O)OC[C@@H](COP(=O)(O)OCCN)OC(=O)CCCCCCCCCCCCC. The Morgan fingerprint density at radius 3 is 1.35 bits per heavy atom. The molecule has 1 unspecified atom stereocenters. The minimum absolute atomic E-state index is 0.0532. The van der Waals surface area contributed by atoms with Gasteiger partial charge in [0.2, 0.25) is 0 Å². The zero-order valence-corrected chi connectivity index (χ0v) is 36.8. The van der Waals surface area contributed by atoms with Crippen LogP contribution in [0, 0.1) is 0 Å². The van der Waals surface area contributed by atoms with E-state index in [2.05, 4.69) is 26.0 Å². The molecule has 3 N–H and O–H groups in total. The van der Waals surface area contributed by atoms with Gasteiger partial charge in [-0.1, -0.05) is 199 Å². The van der Waals surface area contributed by atoms with Crippen LogP contribution in [0.2, 0.25) is 0 Å². The van der Waals surface area contributed by atoms with E-state index in [4.69, 9.17) is 24.3 Å². The third-order valence-corrected chi connectivity index (χ3v) is 11.1. The van der Waals surface area contributed by atoms with E-state index in [1.807, 2.05) is 0 Å². The van der Waals surface area contributed by atoms with Crippen LogP contribution in [0.15, 0.2) is 12.2 Å². The molecule has 0 fully saturated rings. The third-order valence-electron chi connectivity index (χ3n) is 10.2. The first-order chi connectivity index (χ1) is 26.8. The van der Waals surface area contributed by atoms with Crippen LogP contribution in [0.25, 0.3) is 0 Å². The highest BCUT2D eigenvalue weighted by molar-refractivity contribution is 7.47. The van der Waals surface area contributed by atoms with Crippen molar-refractivity contribution in [2.24, 2.45) is 5.73 Å². The Bertz CT molecular complexity index is 917. The smallest absolute Gasteiger partial charge is 0.462 e. The van der Waals surface area contributed by atoms with Gasteiger partial charge in [0.15, 0.2) is 6.10 Å². The summed E-state index contributed by atoms with van der Waals surface area (Å²) in [6.07, 6.45) is 44.1. The number of carbonyl (C=O) groups is 2. The summed E-state index contributed by atoms with van der Waals surface area (Å²) in [5.41, 5.74) is 5.34. The van der Waals surface area contributed by atoms with Crippen LogP contribution in [0.1, 0.15) is 232 Å². The number of allylic oxidation sites excluding steroid dienone is 2. The van der Waals surface area contributed by atoms with Crippen molar-refractivity contribution in [2.75, 3.05) is 26.4 Å². The Morgan fingerprint density at radius 2 is 0.909 bits per heavy atom. The van der Waals surface area contributed by atoms with Gasteiger partial charge < -0.3 is 20.1 Å². The summed E-state index contributed by atoms with van der Waals surface area (Å²) in [6, 6.07) is 0. The molecular formula is C45H88NO8P. The molecule has 0 heterocycles. The molecule has 55 heavy (non-hydrogen) atoms. The summed E-state index contributed by atoms with van der Waals surface area (Å²) in [5.74, 6) is -0.856. The van der Waals surface area contributed by atoms with E-state index < -0.39 is 32.5 Å². The monoisotopic (exact) mass is 802 g/mol. The number of hydrogen-bond donors (Lipinski definition) is 2. The molecule has 2 atom stereocenters. The summed E-state index contributed by atoms with van der Waals surface area (Å²) >= 11 is 0. The van der Waals surface area contributed by atoms with Crippen LogP contribution in [0.5, 0.6) is 0 Å². The van der Waals surface area contributed by atoms with E-state index in [9.17, 15) is 19.0 Å². The van der Waals surface area contributed by atoms with Crippen LogP contribution in [-0.2, 0) is 32.7 Å². The highest BCUT2D eigenvalue weighted by atomic mass is 31.2. The molecule has 326 valence electrons. The molecule has 0 aliphatic carbocycles. The van der Waals surface area contributed by atoms with Gasteiger partial charge in [-0.2, -0.15) is 0 Å². The highest BCUT2D eigenvalue weighted by Gasteiger charge is 2.26. The average Bonchev–Trinajstić information content (AvgIpc) is 3.17. The Hall–Kier alpha value is -1.25. The highest BCUT2D eigenvalue weighted by Crippen LogP contribution is 2.43. The van der Waals surface area contributed by atoms with Crippen LogP contribution >= 0.6 is 7.82 Å². The number of carbonyl (C=O) groups excluding carboxylic acids is 2. The number of hydrogen-bond acceptors (Lipinski definition) is 8. The van der Waals surface area contributed by atoms with E-state index >= 15 is 0 Å². The normalized spacial score (nSPS) is 13.3. The number of rotatable bonds is 44. The lowest BCUT2D eigenvalue weighted by Crippen LogP contribution is -2.29. The molecule has 0 aromatic heterocycles.